The molecular weight excluding hydrogens is 292 g/mol. The van der Waals surface area contributed by atoms with Crippen LogP contribution >= 0.6 is 0 Å². The summed E-state index contributed by atoms with van der Waals surface area (Å²) in [5, 5.41) is 6.89. The van der Waals surface area contributed by atoms with Gasteiger partial charge in [-0.1, -0.05) is 38.1 Å². The van der Waals surface area contributed by atoms with Crippen molar-refractivity contribution in [3.8, 4) is 11.4 Å². The molecule has 124 valence electrons. The highest BCUT2D eigenvalue weighted by Gasteiger charge is 2.20. The van der Waals surface area contributed by atoms with Crippen LogP contribution in [0.5, 0.6) is 0 Å². The Hall–Kier alpha value is -2.14. The summed E-state index contributed by atoms with van der Waals surface area (Å²) in [6.07, 6.45) is 6.16. The van der Waals surface area contributed by atoms with Crippen molar-refractivity contribution >= 4 is 6.47 Å². The fourth-order valence-electron chi connectivity index (χ4n) is 2.83. The molecule has 0 spiro atoms. The molecule has 0 aliphatic carbocycles. The maximum atomic E-state index is 8.36. The Morgan fingerprint density at radius 1 is 1.39 bits per heavy atom. The zero-order valence-corrected chi connectivity index (χ0v) is 13.7. The standard InChI is InChI=1S/C17H22N2O.CH2O2/c1-13(2)11-14-3-5-15(6-4-14)17-18-8-9-19(17)16-7-10-20-12-16;2-1-3/h3-6,8-9,13,16H,7,10-12H2,1-2H3;1H,(H,2,3). The van der Waals surface area contributed by atoms with E-state index in [1.165, 1.54) is 11.1 Å². The first kappa shape index (κ1) is 17.2. The van der Waals surface area contributed by atoms with Gasteiger partial charge in [0.1, 0.15) is 5.82 Å². The van der Waals surface area contributed by atoms with E-state index in [1.807, 2.05) is 6.20 Å². The molecule has 0 bridgehead atoms. The van der Waals surface area contributed by atoms with Crippen LogP contribution in [0, 0.1) is 5.92 Å². The van der Waals surface area contributed by atoms with Crippen molar-refractivity contribution < 1.29 is 14.6 Å². The quantitative estimate of drug-likeness (QED) is 0.878. The number of benzene rings is 1. The van der Waals surface area contributed by atoms with Crippen molar-refractivity contribution in [3.05, 3.63) is 42.2 Å². The Labute approximate surface area is 136 Å². The molecule has 3 rings (SSSR count). The number of rotatable bonds is 4. The van der Waals surface area contributed by atoms with E-state index in [-0.39, 0.29) is 6.47 Å². The number of aromatic nitrogens is 2. The van der Waals surface area contributed by atoms with Crippen molar-refractivity contribution in [3.63, 3.8) is 0 Å². The third-order valence-corrected chi connectivity index (χ3v) is 3.82. The molecule has 0 radical (unpaired) electrons. The molecule has 1 aromatic carbocycles. The smallest absolute Gasteiger partial charge is 0.290 e. The number of carbonyl (C=O) groups is 1. The summed E-state index contributed by atoms with van der Waals surface area (Å²) in [5.74, 6) is 1.75. The number of hydrogen-bond acceptors (Lipinski definition) is 3. The lowest BCUT2D eigenvalue weighted by atomic mass is 10.0. The maximum Gasteiger partial charge on any atom is 0.290 e. The fraction of sp³-hybridized carbons (Fsp3) is 0.444. The van der Waals surface area contributed by atoms with Crippen LogP contribution in [0.2, 0.25) is 0 Å². The predicted octanol–water partition coefficient (Wildman–Crippen LogP) is 3.41. The van der Waals surface area contributed by atoms with Gasteiger partial charge < -0.3 is 14.4 Å². The van der Waals surface area contributed by atoms with Gasteiger partial charge in [-0.25, -0.2) is 4.98 Å². The molecule has 5 nitrogen and oxygen atoms in total. The second-order valence-electron chi connectivity index (χ2n) is 6.08. The predicted molar refractivity (Wildman–Crippen MR) is 89.4 cm³/mol. The Morgan fingerprint density at radius 3 is 2.65 bits per heavy atom. The Morgan fingerprint density at radius 2 is 2.09 bits per heavy atom. The average Bonchev–Trinajstić information content (AvgIpc) is 3.19. The molecule has 2 aromatic rings. The number of ether oxygens (including phenoxy) is 1. The largest absolute Gasteiger partial charge is 0.483 e. The molecular formula is C18H24N2O3. The molecule has 2 heterocycles. The highest BCUT2D eigenvalue weighted by Crippen LogP contribution is 2.26. The van der Waals surface area contributed by atoms with Gasteiger partial charge in [0, 0.05) is 24.6 Å². The van der Waals surface area contributed by atoms with E-state index in [4.69, 9.17) is 14.6 Å². The van der Waals surface area contributed by atoms with E-state index in [0.29, 0.717) is 12.0 Å². The van der Waals surface area contributed by atoms with Crippen molar-refractivity contribution in [1.29, 1.82) is 0 Å². The van der Waals surface area contributed by atoms with Gasteiger partial charge in [0.15, 0.2) is 0 Å². The van der Waals surface area contributed by atoms with Gasteiger partial charge in [-0.2, -0.15) is 0 Å². The number of imidazole rings is 1. The Kier molecular flexibility index (Phi) is 6.35. The molecule has 1 atom stereocenters. The van der Waals surface area contributed by atoms with Crippen LogP contribution in [-0.2, 0) is 16.0 Å². The van der Waals surface area contributed by atoms with Gasteiger partial charge >= 0.3 is 0 Å². The zero-order chi connectivity index (χ0) is 16.7. The normalized spacial score (nSPS) is 16.9. The second-order valence-corrected chi connectivity index (χ2v) is 6.08. The molecule has 1 fully saturated rings. The van der Waals surface area contributed by atoms with E-state index in [1.54, 1.807) is 0 Å². The lowest BCUT2D eigenvalue weighted by molar-refractivity contribution is -0.122. The third-order valence-electron chi connectivity index (χ3n) is 3.82. The van der Waals surface area contributed by atoms with Crippen LogP contribution in [0.25, 0.3) is 11.4 Å². The minimum absolute atomic E-state index is 0.250. The summed E-state index contributed by atoms with van der Waals surface area (Å²) in [7, 11) is 0. The van der Waals surface area contributed by atoms with Gasteiger partial charge in [-0.3, -0.25) is 4.79 Å². The Balaban J connectivity index is 0.000000595. The van der Waals surface area contributed by atoms with Gasteiger partial charge in [-0.15, -0.1) is 0 Å². The Bertz CT molecular complexity index is 599. The average molecular weight is 316 g/mol. The summed E-state index contributed by atoms with van der Waals surface area (Å²) < 4.78 is 7.74. The van der Waals surface area contributed by atoms with Crippen molar-refractivity contribution in [2.75, 3.05) is 13.2 Å². The first-order valence-electron chi connectivity index (χ1n) is 7.93. The second kappa shape index (κ2) is 8.48. The van der Waals surface area contributed by atoms with Gasteiger partial charge in [0.25, 0.3) is 6.47 Å². The van der Waals surface area contributed by atoms with E-state index in [9.17, 15) is 0 Å². The number of hydrogen-bond donors (Lipinski definition) is 1. The lowest BCUT2D eigenvalue weighted by Gasteiger charge is -2.14. The molecule has 5 heteroatoms. The SMILES string of the molecule is CC(C)Cc1ccc(-c2nccn2C2CCOC2)cc1.O=CO. The topological polar surface area (TPSA) is 64.4 Å². The van der Waals surface area contributed by atoms with Gasteiger partial charge in [-0.05, 0) is 24.3 Å². The van der Waals surface area contributed by atoms with Crippen molar-refractivity contribution in [2.24, 2.45) is 5.92 Å². The number of carboxylic acid groups (broad SMARTS) is 1. The summed E-state index contributed by atoms with van der Waals surface area (Å²) in [4.78, 5) is 12.9. The molecule has 0 saturated carbocycles. The summed E-state index contributed by atoms with van der Waals surface area (Å²) >= 11 is 0. The lowest BCUT2D eigenvalue weighted by Crippen LogP contribution is -2.09. The van der Waals surface area contributed by atoms with E-state index < -0.39 is 0 Å². The van der Waals surface area contributed by atoms with E-state index >= 15 is 0 Å². The molecule has 23 heavy (non-hydrogen) atoms. The van der Waals surface area contributed by atoms with Crippen LogP contribution in [0.3, 0.4) is 0 Å². The molecule has 1 aliphatic rings. The van der Waals surface area contributed by atoms with E-state index in [2.05, 4.69) is 53.9 Å². The van der Waals surface area contributed by atoms with Gasteiger partial charge in [0.05, 0.1) is 12.6 Å². The highest BCUT2D eigenvalue weighted by atomic mass is 16.5. The molecule has 1 saturated heterocycles. The van der Waals surface area contributed by atoms with Gasteiger partial charge in [0.2, 0.25) is 0 Å². The third kappa shape index (κ3) is 4.66. The molecule has 1 unspecified atom stereocenters. The van der Waals surface area contributed by atoms with E-state index in [0.717, 1.165) is 31.9 Å². The minimum Gasteiger partial charge on any atom is -0.483 e. The molecule has 1 N–H and O–H groups in total. The minimum atomic E-state index is -0.250. The molecule has 0 amide bonds. The first-order chi connectivity index (χ1) is 11.2. The maximum absolute atomic E-state index is 8.36. The van der Waals surface area contributed by atoms with Crippen LogP contribution in [0.15, 0.2) is 36.7 Å². The summed E-state index contributed by atoms with van der Waals surface area (Å²) in [6, 6.07) is 9.25. The fourth-order valence-corrected chi connectivity index (χ4v) is 2.83. The monoisotopic (exact) mass is 316 g/mol. The van der Waals surface area contributed by atoms with Crippen LogP contribution in [0.4, 0.5) is 0 Å². The first-order valence-corrected chi connectivity index (χ1v) is 7.93. The summed E-state index contributed by atoms with van der Waals surface area (Å²) in [6.45, 7) is 5.91. The highest BCUT2D eigenvalue weighted by molar-refractivity contribution is 5.56. The van der Waals surface area contributed by atoms with Crippen molar-refractivity contribution in [2.45, 2.75) is 32.7 Å². The van der Waals surface area contributed by atoms with Crippen molar-refractivity contribution in [1.82, 2.24) is 9.55 Å². The van der Waals surface area contributed by atoms with Crippen LogP contribution in [-0.4, -0.2) is 34.3 Å². The number of nitrogens with zero attached hydrogens (tertiary/aromatic N) is 2. The summed E-state index contributed by atoms with van der Waals surface area (Å²) in [5.41, 5.74) is 2.58. The van der Waals surface area contributed by atoms with Crippen LogP contribution < -0.4 is 0 Å². The molecule has 1 aliphatic heterocycles. The van der Waals surface area contributed by atoms with Crippen LogP contribution in [0.1, 0.15) is 31.9 Å². The zero-order valence-electron chi connectivity index (χ0n) is 13.7. The molecule has 1 aromatic heterocycles.